The predicted molar refractivity (Wildman–Crippen MR) is 92.7 cm³/mol. The van der Waals surface area contributed by atoms with E-state index in [2.05, 4.69) is 5.32 Å². The molecule has 1 amide bonds. The number of carbonyl (C=O) groups is 1. The van der Waals surface area contributed by atoms with E-state index in [1.54, 1.807) is 19.1 Å². The van der Waals surface area contributed by atoms with E-state index < -0.39 is 16.1 Å². The standard InChI is InChI=1S/C15H23ClN2O4S/c1-5-6-9-17-15(19)11(2)18(23(4,20)21)12-7-8-14(22-3)13(16)10-12/h7-8,10-11H,5-6,9H2,1-4H3,(H,17,19)/t11-/m0/s1. The van der Waals surface area contributed by atoms with Crippen LogP contribution in [0.15, 0.2) is 18.2 Å². The van der Waals surface area contributed by atoms with Crippen molar-refractivity contribution in [3.8, 4) is 5.75 Å². The number of unbranched alkanes of at least 4 members (excludes halogenated alkanes) is 1. The van der Waals surface area contributed by atoms with Gasteiger partial charge in [-0.15, -0.1) is 0 Å². The minimum absolute atomic E-state index is 0.275. The highest BCUT2D eigenvalue weighted by atomic mass is 35.5. The van der Waals surface area contributed by atoms with Gasteiger partial charge in [0.15, 0.2) is 0 Å². The lowest BCUT2D eigenvalue weighted by molar-refractivity contribution is -0.121. The second-order valence-electron chi connectivity index (χ2n) is 5.20. The molecule has 6 nitrogen and oxygen atoms in total. The Morgan fingerprint density at radius 3 is 2.57 bits per heavy atom. The van der Waals surface area contributed by atoms with E-state index in [4.69, 9.17) is 16.3 Å². The molecule has 130 valence electrons. The van der Waals surface area contributed by atoms with Crippen LogP contribution in [0.2, 0.25) is 5.02 Å². The average Bonchev–Trinajstić information content (AvgIpc) is 2.46. The minimum atomic E-state index is -3.66. The van der Waals surface area contributed by atoms with Crippen molar-refractivity contribution in [2.24, 2.45) is 0 Å². The van der Waals surface area contributed by atoms with Gasteiger partial charge in [0.25, 0.3) is 0 Å². The number of sulfonamides is 1. The van der Waals surface area contributed by atoms with Gasteiger partial charge in [-0.2, -0.15) is 0 Å². The van der Waals surface area contributed by atoms with E-state index >= 15 is 0 Å². The molecule has 0 unspecified atom stereocenters. The van der Waals surface area contributed by atoms with Crippen molar-refractivity contribution >= 4 is 33.2 Å². The quantitative estimate of drug-likeness (QED) is 0.720. The normalized spacial score (nSPS) is 12.6. The van der Waals surface area contributed by atoms with Crippen molar-refractivity contribution in [1.29, 1.82) is 0 Å². The van der Waals surface area contributed by atoms with Gasteiger partial charge in [-0.3, -0.25) is 9.10 Å². The van der Waals surface area contributed by atoms with Crippen LogP contribution in [0.25, 0.3) is 0 Å². The number of hydrogen-bond donors (Lipinski definition) is 1. The van der Waals surface area contributed by atoms with Gasteiger partial charge in [0.2, 0.25) is 15.9 Å². The fraction of sp³-hybridized carbons (Fsp3) is 0.533. The number of carbonyl (C=O) groups excluding carboxylic acids is 1. The number of amides is 1. The Morgan fingerprint density at radius 2 is 2.09 bits per heavy atom. The molecule has 1 aromatic rings. The topological polar surface area (TPSA) is 75.7 Å². The number of methoxy groups -OCH3 is 1. The Morgan fingerprint density at radius 1 is 1.43 bits per heavy atom. The fourth-order valence-electron chi connectivity index (χ4n) is 2.14. The molecule has 0 aliphatic heterocycles. The highest BCUT2D eigenvalue weighted by molar-refractivity contribution is 7.92. The Kier molecular flexibility index (Phi) is 7.15. The minimum Gasteiger partial charge on any atom is -0.495 e. The first-order valence-electron chi connectivity index (χ1n) is 7.33. The zero-order chi connectivity index (χ0) is 17.6. The van der Waals surface area contributed by atoms with Crippen LogP contribution in [-0.4, -0.2) is 40.3 Å². The van der Waals surface area contributed by atoms with Crippen molar-refractivity contribution in [3.05, 3.63) is 23.2 Å². The molecule has 0 bridgehead atoms. The first kappa shape index (κ1) is 19.6. The summed E-state index contributed by atoms with van der Waals surface area (Å²) < 4.78 is 30.4. The summed E-state index contributed by atoms with van der Waals surface area (Å²) in [6.07, 6.45) is 2.84. The molecule has 0 spiro atoms. The van der Waals surface area contributed by atoms with Crippen LogP contribution in [0.1, 0.15) is 26.7 Å². The second kappa shape index (κ2) is 8.40. The van der Waals surface area contributed by atoms with Gasteiger partial charge in [-0.05, 0) is 31.5 Å². The summed E-state index contributed by atoms with van der Waals surface area (Å²) in [7, 11) is -2.18. The highest BCUT2D eigenvalue weighted by Gasteiger charge is 2.29. The van der Waals surface area contributed by atoms with E-state index in [9.17, 15) is 13.2 Å². The summed E-state index contributed by atoms with van der Waals surface area (Å²) >= 11 is 6.06. The smallest absolute Gasteiger partial charge is 0.243 e. The van der Waals surface area contributed by atoms with E-state index in [0.717, 1.165) is 23.4 Å². The molecule has 1 N–H and O–H groups in total. The van der Waals surface area contributed by atoms with Crippen LogP contribution < -0.4 is 14.4 Å². The third kappa shape index (κ3) is 5.28. The molecular formula is C15H23ClN2O4S. The molecular weight excluding hydrogens is 340 g/mol. The van der Waals surface area contributed by atoms with E-state index in [0.29, 0.717) is 18.0 Å². The third-order valence-electron chi connectivity index (χ3n) is 3.31. The Labute approximate surface area is 142 Å². The van der Waals surface area contributed by atoms with Gasteiger partial charge in [-0.25, -0.2) is 8.42 Å². The Hall–Kier alpha value is -1.47. The van der Waals surface area contributed by atoms with Crippen LogP contribution in [0.4, 0.5) is 5.69 Å². The lowest BCUT2D eigenvalue weighted by atomic mass is 10.2. The molecule has 0 fully saturated rings. The Bertz CT molecular complexity index is 649. The molecule has 0 heterocycles. The zero-order valence-corrected chi connectivity index (χ0v) is 15.4. The molecule has 0 aliphatic rings. The lowest BCUT2D eigenvalue weighted by Gasteiger charge is -2.28. The predicted octanol–water partition coefficient (Wildman–Crippen LogP) is 2.42. The van der Waals surface area contributed by atoms with Crippen LogP contribution in [0, 0.1) is 0 Å². The average molecular weight is 363 g/mol. The number of hydrogen-bond acceptors (Lipinski definition) is 4. The summed E-state index contributed by atoms with van der Waals surface area (Å²) in [5.74, 6) is 0.0831. The zero-order valence-electron chi connectivity index (χ0n) is 13.8. The number of anilines is 1. The molecule has 1 atom stereocenters. The second-order valence-corrected chi connectivity index (χ2v) is 7.46. The maximum Gasteiger partial charge on any atom is 0.243 e. The van der Waals surface area contributed by atoms with Crippen molar-refractivity contribution in [2.45, 2.75) is 32.7 Å². The lowest BCUT2D eigenvalue weighted by Crippen LogP contribution is -2.48. The summed E-state index contributed by atoms with van der Waals surface area (Å²) in [5, 5.41) is 3.02. The Balaban J connectivity index is 3.11. The van der Waals surface area contributed by atoms with Gasteiger partial charge >= 0.3 is 0 Å². The number of nitrogens with zero attached hydrogens (tertiary/aromatic N) is 1. The fourth-order valence-corrected chi connectivity index (χ4v) is 3.56. The van der Waals surface area contributed by atoms with Crippen LogP contribution >= 0.6 is 11.6 Å². The largest absolute Gasteiger partial charge is 0.495 e. The number of benzene rings is 1. The maximum atomic E-state index is 12.2. The monoisotopic (exact) mass is 362 g/mol. The van der Waals surface area contributed by atoms with E-state index in [-0.39, 0.29) is 10.9 Å². The number of nitrogens with one attached hydrogen (secondary N) is 1. The van der Waals surface area contributed by atoms with Gasteiger partial charge in [0.1, 0.15) is 11.8 Å². The summed E-state index contributed by atoms with van der Waals surface area (Å²) in [6, 6.07) is 3.71. The van der Waals surface area contributed by atoms with Crippen LogP contribution in [-0.2, 0) is 14.8 Å². The first-order chi connectivity index (χ1) is 10.7. The summed E-state index contributed by atoms with van der Waals surface area (Å²) in [4.78, 5) is 12.2. The molecule has 1 rings (SSSR count). The third-order valence-corrected chi connectivity index (χ3v) is 4.84. The molecule has 0 saturated carbocycles. The SMILES string of the molecule is CCCCNC(=O)[C@H](C)N(c1ccc(OC)c(Cl)c1)S(C)(=O)=O. The molecule has 0 aromatic heterocycles. The number of halogens is 1. The van der Waals surface area contributed by atoms with Crippen molar-refractivity contribution < 1.29 is 17.9 Å². The highest BCUT2D eigenvalue weighted by Crippen LogP contribution is 2.31. The van der Waals surface area contributed by atoms with Gasteiger partial charge in [-0.1, -0.05) is 24.9 Å². The molecule has 23 heavy (non-hydrogen) atoms. The van der Waals surface area contributed by atoms with Crippen LogP contribution in [0.3, 0.4) is 0 Å². The molecule has 8 heteroatoms. The van der Waals surface area contributed by atoms with E-state index in [1.165, 1.54) is 13.2 Å². The number of rotatable bonds is 8. The van der Waals surface area contributed by atoms with E-state index in [1.807, 2.05) is 6.92 Å². The molecule has 0 saturated heterocycles. The molecule has 0 aliphatic carbocycles. The van der Waals surface area contributed by atoms with Gasteiger partial charge in [0, 0.05) is 6.54 Å². The molecule has 1 aromatic carbocycles. The van der Waals surface area contributed by atoms with Crippen LogP contribution in [0.5, 0.6) is 5.75 Å². The van der Waals surface area contributed by atoms with Crippen molar-refractivity contribution in [3.63, 3.8) is 0 Å². The van der Waals surface area contributed by atoms with Crippen molar-refractivity contribution in [2.75, 3.05) is 24.2 Å². The maximum absolute atomic E-state index is 12.2. The van der Waals surface area contributed by atoms with Gasteiger partial charge in [0.05, 0.1) is 24.1 Å². The first-order valence-corrected chi connectivity index (χ1v) is 9.55. The van der Waals surface area contributed by atoms with Gasteiger partial charge < -0.3 is 10.1 Å². The van der Waals surface area contributed by atoms with Crippen molar-refractivity contribution in [1.82, 2.24) is 5.32 Å². The number of ether oxygens (including phenoxy) is 1. The molecule has 0 radical (unpaired) electrons. The summed E-state index contributed by atoms with van der Waals surface area (Å²) in [6.45, 7) is 4.07. The summed E-state index contributed by atoms with van der Waals surface area (Å²) in [5.41, 5.74) is 0.316.